The van der Waals surface area contributed by atoms with Crippen LogP contribution in [0.2, 0.25) is 5.02 Å². The van der Waals surface area contributed by atoms with Crippen LogP contribution in [0.25, 0.3) is 0 Å². The van der Waals surface area contributed by atoms with Gasteiger partial charge in [0, 0.05) is 6.61 Å². The molecule has 0 radical (unpaired) electrons. The van der Waals surface area contributed by atoms with Crippen LogP contribution in [-0.2, 0) is 17.9 Å². The van der Waals surface area contributed by atoms with Gasteiger partial charge in [-0.1, -0.05) is 17.7 Å². The predicted octanol–water partition coefficient (Wildman–Crippen LogP) is 3.66. The molecule has 1 saturated heterocycles. The highest BCUT2D eigenvalue weighted by atomic mass is 35.5. The van der Waals surface area contributed by atoms with E-state index in [2.05, 4.69) is 10.2 Å². The summed E-state index contributed by atoms with van der Waals surface area (Å²) in [5, 5.41) is 7.66. The van der Waals surface area contributed by atoms with Crippen LogP contribution >= 0.6 is 23.8 Å². The second kappa shape index (κ2) is 6.81. The van der Waals surface area contributed by atoms with Crippen molar-refractivity contribution in [1.82, 2.24) is 14.8 Å². The Bertz CT molecular complexity index is 707. The minimum atomic E-state index is 0.200. The number of rotatable bonds is 5. The number of ether oxygens (including phenoxy) is 2. The van der Waals surface area contributed by atoms with Crippen LogP contribution in [-0.4, -0.2) is 27.5 Å². The van der Waals surface area contributed by atoms with Gasteiger partial charge in [-0.15, -0.1) is 0 Å². The number of aryl methyl sites for hydroxylation is 1. The van der Waals surface area contributed by atoms with Crippen molar-refractivity contribution in [3.05, 3.63) is 39.4 Å². The van der Waals surface area contributed by atoms with Gasteiger partial charge in [-0.05, 0) is 49.7 Å². The van der Waals surface area contributed by atoms with Crippen molar-refractivity contribution < 1.29 is 9.47 Å². The first-order valence-corrected chi connectivity index (χ1v) is 8.07. The van der Waals surface area contributed by atoms with Gasteiger partial charge in [-0.2, -0.15) is 5.10 Å². The van der Waals surface area contributed by atoms with Crippen LogP contribution < -0.4 is 4.74 Å². The van der Waals surface area contributed by atoms with Gasteiger partial charge in [0.1, 0.15) is 12.4 Å². The molecule has 1 aliphatic rings. The molecule has 1 aliphatic heterocycles. The lowest BCUT2D eigenvalue weighted by Gasteiger charge is -2.13. The molecular weight excluding hydrogens is 322 g/mol. The van der Waals surface area contributed by atoms with Crippen LogP contribution in [0.4, 0.5) is 0 Å². The molecule has 0 saturated carbocycles. The van der Waals surface area contributed by atoms with E-state index in [0.29, 0.717) is 28.7 Å². The average molecular weight is 340 g/mol. The molecular formula is C15H18ClN3O2S. The van der Waals surface area contributed by atoms with E-state index in [-0.39, 0.29) is 6.10 Å². The highest BCUT2D eigenvalue weighted by Gasteiger charge is 2.19. The van der Waals surface area contributed by atoms with E-state index in [4.69, 9.17) is 33.3 Å². The molecule has 0 aliphatic carbocycles. The molecule has 3 rings (SSSR count). The fourth-order valence-electron chi connectivity index (χ4n) is 2.50. The van der Waals surface area contributed by atoms with Gasteiger partial charge in [0.25, 0.3) is 0 Å². The minimum absolute atomic E-state index is 0.200. The number of aromatic amines is 1. The van der Waals surface area contributed by atoms with Gasteiger partial charge >= 0.3 is 0 Å². The molecule has 118 valence electrons. The van der Waals surface area contributed by atoms with Crippen molar-refractivity contribution in [2.45, 2.75) is 39.0 Å². The first-order valence-electron chi connectivity index (χ1n) is 7.28. The smallest absolute Gasteiger partial charge is 0.195 e. The predicted molar refractivity (Wildman–Crippen MR) is 86.9 cm³/mol. The molecule has 0 amide bonds. The SMILES string of the molecule is Cc1ccc(Cl)c(OCc2n[nH]c(=S)n2C[C@@H]2CCCO2)c1. The van der Waals surface area contributed by atoms with Crippen LogP contribution in [0.5, 0.6) is 5.75 Å². The summed E-state index contributed by atoms with van der Waals surface area (Å²) in [5.74, 6) is 1.40. The van der Waals surface area contributed by atoms with E-state index < -0.39 is 0 Å². The highest BCUT2D eigenvalue weighted by Crippen LogP contribution is 2.26. The number of halogens is 1. The van der Waals surface area contributed by atoms with Gasteiger partial charge in [0.15, 0.2) is 10.6 Å². The Labute approximate surface area is 139 Å². The Balaban J connectivity index is 1.72. The lowest BCUT2D eigenvalue weighted by molar-refractivity contribution is 0.0949. The van der Waals surface area contributed by atoms with Gasteiger partial charge in [0.2, 0.25) is 0 Å². The van der Waals surface area contributed by atoms with Gasteiger partial charge in [0.05, 0.1) is 17.7 Å². The average Bonchev–Trinajstić information content (AvgIpc) is 3.12. The Morgan fingerprint density at radius 3 is 3.18 bits per heavy atom. The summed E-state index contributed by atoms with van der Waals surface area (Å²) < 4.78 is 14.0. The zero-order chi connectivity index (χ0) is 15.5. The number of benzene rings is 1. The second-order valence-corrected chi connectivity index (χ2v) is 6.21. The molecule has 0 bridgehead atoms. The van der Waals surface area contributed by atoms with Crippen LogP contribution in [0.15, 0.2) is 18.2 Å². The molecule has 22 heavy (non-hydrogen) atoms. The van der Waals surface area contributed by atoms with Crippen LogP contribution in [0, 0.1) is 11.7 Å². The number of hydrogen-bond acceptors (Lipinski definition) is 4. The van der Waals surface area contributed by atoms with Crippen molar-refractivity contribution >= 4 is 23.8 Å². The third kappa shape index (κ3) is 3.51. The summed E-state index contributed by atoms with van der Waals surface area (Å²) in [6.45, 7) is 3.83. The van der Waals surface area contributed by atoms with Crippen molar-refractivity contribution in [3.63, 3.8) is 0 Å². The quantitative estimate of drug-likeness (QED) is 0.845. The minimum Gasteiger partial charge on any atom is -0.484 e. The summed E-state index contributed by atoms with van der Waals surface area (Å²) in [7, 11) is 0. The third-order valence-corrected chi connectivity index (χ3v) is 4.31. The molecule has 0 unspecified atom stereocenters. The topological polar surface area (TPSA) is 52.1 Å². The van der Waals surface area contributed by atoms with E-state index in [1.165, 1.54) is 0 Å². The molecule has 7 heteroatoms. The van der Waals surface area contributed by atoms with Crippen molar-refractivity contribution in [2.24, 2.45) is 0 Å². The molecule has 5 nitrogen and oxygen atoms in total. The lowest BCUT2D eigenvalue weighted by atomic mass is 10.2. The summed E-state index contributed by atoms with van der Waals surface area (Å²) in [6.07, 6.45) is 2.35. The Kier molecular flexibility index (Phi) is 4.81. The largest absolute Gasteiger partial charge is 0.484 e. The summed E-state index contributed by atoms with van der Waals surface area (Å²) >= 11 is 11.4. The molecule has 1 aromatic heterocycles. The zero-order valence-electron chi connectivity index (χ0n) is 12.3. The number of H-pyrrole nitrogens is 1. The monoisotopic (exact) mass is 339 g/mol. The fourth-order valence-corrected chi connectivity index (χ4v) is 2.90. The highest BCUT2D eigenvalue weighted by molar-refractivity contribution is 7.71. The maximum Gasteiger partial charge on any atom is 0.195 e. The van der Waals surface area contributed by atoms with E-state index in [0.717, 1.165) is 30.8 Å². The maximum atomic E-state index is 6.14. The molecule has 0 spiro atoms. The first kappa shape index (κ1) is 15.5. The van der Waals surface area contributed by atoms with Crippen molar-refractivity contribution in [1.29, 1.82) is 0 Å². The van der Waals surface area contributed by atoms with E-state index in [1.807, 2.05) is 29.7 Å². The normalized spacial score (nSPS) is 17.8. The summed E-state index contributed by atoms with van der Waals surface area (Å²) in [5.41, 5.74) is 1.10. The Morgan fingerprint density at radius 2 is 2.41 bits per heavy atom. The fraction of sp³-hybridized carbons (Fsp3) is 0.467. The molecule has 1 N–H and O–H groups in total. The zero-order valence-corrected chi connectivity index (χ0v) is 13.9. The number of nitrogens with one attached hydrogen (secondary N) is 1. The molecule has 2 heterocycles. The number of nitrogens with zero attached hydrogens (tertiary/aromatic N) is 2. The third-order valence-electron chi connectivity index (χ3n) is 3.69. The molecule has 2 aromatic rings. The summed E-state index contributed by atoms with van der Waals surface area (Å²) in [4.78, 5) is 0. The van der Waals surface area contributed by atoms with Gasteiger partial charge in [-0.25, -0.2) is 0 Å². The summed E-state index contributed by atoms with van der Waals surface area (Å²) in [6, 6.07) is 5.69. The maximum absolute atomic E-state index is 6.14. The van der Waals surface area contributed by atoms with E-state index >= 15 is 0 Å². The molecule has 1 aromatic carbocycles. The van der Waals surface area contributed by atoms with Crippen molar-refractivity contribution in [3.8, 4) is 5.75 Å². The van der Waals surface area contributed by atoms with Crippen LogP contribution in [0.3, 0.4) is 0 Å². The van der Waals surface area contributed by atoms with Crippen LogP contribution in [0.1, 0.15) is 24.2 Å². The van der Waals surface area contributed by atoms with E-state index in [9.17, 15) is 0 Å². The standard InChI is InChI=1S/C15H18ClN3O2S/c1-10-4-5-12(16)13(7-10)21-9-14-17-18-15(22)19(14)8-11-3-2-6-20-11/h4-5,7,11H,2-3,6,8-9H2,1H3,(H,18,22)/t11-/m0/s1. The number of hydrogen-bond donors (Lipinski definition) is 1. The van der Waals surface area contributed by atoms with Gasteiger partial charge < -0.3 is 9.47 Å². The number of aromatic nitrogens is 3. The Hall–Kier alpha value is -1.37. The lowest BCUT2D eigenvalue weighted by Crippen LogP contribution is -2.18. The molecule has 1 atom stereocenters. The van der Waals surface area contributed by atoms with Gasteiger partial charge in [-0.3, -0.25) is 9.67 Å². The van der Waals surface area contributed by atoms with Crippen molar-refractivity contribution in [2.75, 3.05) is 6.61 Å². The Morgan fingerprint density at radius 1 is 1.55 bits per heavy atom. The first-order chi connectivity index (χ1) is 10.6. The second-order valence-electron chi connectivity index (χ2n) is 5.41. The van der Waals surface area contributed by atoms with E-state index in [1.54, 1.807) is 0 Å². The molecule has 1 fully saturated rings.